The number of hydrogen-bond acceptors (Lipinski definition) is 3. The Kier molecular flexibility index (Phi) is 3.98. The summed E-state index contributed by atoms with van der Waals surface area (Å²) in [6, 6.07) is 5.68. The number of carbonyl (C=O) groups is 1. The first-order chi connectivity index (χ1) is 7.58. The van der Waals surface area contributed by atoms with E-state index in [9.17, 15) is 14.3 Å². The van der Waals surface area contributed by atoms with Gasteiger partial charge in [-0.2, -0.15) is 0 Å². The van der Waals surface area contributed by atoms with Crippen LogP contribution in [0.25, 0.3) is 0 Å². The van der Waals surface area contributed by atoms with Crippen molar-refractivity contribution in [3.05, 3.63) is 35.6 Å². The van der Waals surface area contributed by atoms with E-state index >= 15 is 0 Å². The number of rotatable bonds is 5. The van der Waals surface area contributed by atoms with E-state index in [4.69, 9.17) is 10.5 Å². The standard InChI is InChI=1S/C11H14FNO3/c1-16-7-11(6-13,10(14)15)8-4-2-3-5-9(8)12/h2-5H,6-7,13H2,1H3,(H,14,15). The van der Waals surface area contributed by atoms with Crippen LogP contribution in [0, 0.1) is 5.82 Å². The molecule has 0 aliphatic carbocycles. The average Bonchev–Trinajstić information content (AvgIpc) is 2.26. The van der Waals surface area contributed by atoms with Crippen molar-refractivity contribution in [3.8, 4) is 0 Å². The lowest BCUT2D eigenvalue weighted by Gasteiger charge is -2.27. The molecule has 4 nitrogen and oxygen atoms in total. The maximum absolute atomic E-state index is 13.6. The van der Waals surface area contributed by atoms with E-state index in [2.05, 4.69) is 0 Å². The van der Waals surface area contributed by atoms with E-state index in [0.29, 0.717) is 0 Å². The highest BCUT2D eigenvalue weighted by atomic mass is 19.1. The molecule has 3 N–H and O–H groups in total. The van der Waals surface area contributed by atoms with Crippen LogP contribution in [-0.2, 0) is 14.9 Å². The maximum Gasteiger partial charge on any atom is 0.317 e. The summed E-state index contributed by atoms with van der Waals surface area (Å²) in [6.45, 7) is -0.392. The number of ether oxygens (including phenoxy) is 1. The zero-order valence-corrected chi connectivity index (χ0v) is 8.94. The van der Waals surface area contributed by atoms with E-state index < -0.39 is 17.2 Å². The van der Waals surface area contributed by atoms with Crippen molar-refractivity contribution in [2.45, 2.75) is 5.41 Å². The Hall–Kier alpha value is -1.46. The summed E-state index contributed by atoms with van der Waals surface area (Å²) < 4.78 is 18.4. The third-order valence-corrected chi connectivity index (χ3v) is 2.54. The number of carboxylic acids is 1. The molecule has 0 saturated carbocycles. The van der Waals surface area contributed by atoms with Crippen LogP contribution < -0.4 is 5.73 Å². The Labute approximate surface area is 92.8 Å². The van der Waals surface area contributed by atoms with Gasteiger partial charge in [-0.15, -0.1) is 0 Å². The highest BCUT2D eigenvalue weighted by Gasteiger charge is 2.41. The van der Waals surface area contributed by atoms with Crippen molar-refractivity contribution < 1.29 is 19.0 Å². The molecule has 5 heteroatoms. The minimum atomic E-state index is -1.53. The molecule has 0 radical (unpaired) electrons. The predicted octanol–water partition coefficient (Wildman–Crippen LogP) is 0.753. The molecule has 0 aromatic heterocycles. The van der Waals surface area contributed by atoms with Gasteiger partial charge in [-0.1, -0.05) is 18.2 Å². The second-order valence-electron chi connectivity index (χ2n) is 3.50. The smallest absolute Gasteiger partial charge is 0.317 e. The number of benzene rings is 1. The maximum atomic E-state index is 13.6. The molecule has 0 aliphatic rings. The van der Waals surface area contributed by atoms with E-state index in [-0.39, 0.29) is 18.7 Å². The number of methoxy groups -OCH3 is 1. The van der Waals surface area contributed by atoms with Gasteiger partial charge in [-0.05, 0) is 6.07 Å². The largest absolute Gasteiger partial charge is 0.480 e. The zero-order valence-electron chi connectivity index (χ0n) is 8.94. The quantitative estimate of drug-likeness (QED) is 0.778. The summed E-state index contributed by atoms with van der Waals surface area (Å²) in [6.07, 6.45) is 0. The molecular weight excluding hydrogens is 213 g/mol. The summed E-state index contributed by atoms with van der Waals surface area (Å²) in [5.41, 5.74) is 3.99. The molecule has 0 spiro atoms. The Bertz CT molecular complexity index is 383. The van der Waals surface area contributed by atoms with Crippen LogP contribution in [0.5, 0.6) is 0 Å². The second-order valence-corrected chi connectivity index (χ2v) is 3.50. The van der Waals surface area contributed by atoms with Crippen LogP contribution in [0.15, 0.2) is 24.3 Å². The first-order valence-corrected chi connectivity index (χ1v) is 4.76. The number of nitrogens with two attached hydrogens (primary N) is 1. The summed E-state index contributed by atoms with van der Waals surface area (Å²) >= 11 is 0. The van der Waals surface area contributed by atoms with Crippen molar-refractivity contribution in [2.24, 2.45) is 5.73 Å². The van der Waals surface area contributed by atoms with Crippen LogP contribution in [0.1, 0.15) is 5.56 Å². The molecule has 0 aliphatic heterocycles. The van der Waals surface area contributed by atoms with Crippen molar-refractivity contribution in [2.75, 3.05) is 20.3 Å². The number of halogens is 1. The Morgan fingerprint density at radius 1 is 1.56 bits per heavy atom. The minimum absolute atomic E-state index is 0.0480. The number of aliphatic carboxylic acids is 1. The molecule has 1 aromatic rings. The van der Waals surface area contributed by atoms with Gasteiger partial charge in [0.1, 0.15) is 11.2 Å². The Balaban J connectivity index is 3.30. The second kappa shape index (κ2) is 5.05. The first-order valence-electron chi connectivity index (χ1n) is 4.76. The molecular formula is C11H14FNO3. The van der Waals surface area contributed by atoms with E-state index in [1.807, 2.05) is 0 Å². The van der Waals surface area contributed by atoms with Gasteiger partial charge in [-0.3, -0.25) is 4.79 Å². The lowest BCUT2D eigenvalue weighted by molar-refractivity contribution is -0.145. The lowest BCUT2D eigenvalue weighted by Crippen LogP contribution is -2.47. The van der Waals surface area contributed by atoms with Crippen molar-refractivity contribution in [1.29, 1.82) is 0 Å². The van der Waals surface area contributed by atoms with E-state index in [0.717, 1.165) is 0 Å². The third-order valence-electron chi connectivity index (χ3n) is 2.54. The van der Waals surface area contributed by atoms with Gasteiger partial charge in [0.05, 0.1) is 6.61 Å². The van der Waals surface area contributed by atoms with Gasteiger partial charge < -0.3 is 15.6 Å². The lowest BCUT2D eigenvalue weighted by atomic mass is 9.81. The van der Waals surface area contributed by atoms with Gasteiger partial charge in [-0.25, -0.2) is 4.39 Å². The molecule has 0 heterocycles. The topological polar surface area (TPSA) is 72.5 Å². The number of carboxylic acid groups (broad SMARTS) is 1. The van der Waals surface area contributed by atoms with Gasteiger partial charge in [0, 0.05) is 19.2 Å². The van der Waals surface area contributed by atoms with E-state index in [1.165, 1.54) is 25.3 Å². The van der Waals surface area contributed by atoms with Crippen LogP contribution in [0.2, 0.25) is 0 Å². The first kappa shape index (κ1) is 12.6. The van der Waals surface area contributed by atoms with Crippen molar-refractivity contribution in [1.82, 2.24) is 0 Å². The normalized spacial score (nSPS) is 14.4. The van der Waals surface area contributed by atoms with Gasteiger partial charge in [0.15, 0.2) is 0 Å². The Morgan fingerprint density at radius 3 is 2.62 bits per heavy atom. The monoisotopic (exact) mass is 227 g/mol. The van der Waals surface area contributed by atoms with Gasteiger partial charge in [0.2, 0.25) is 0 Å². The molecule has 16 heavy (non-hydrogen) atoms. The molecule has 0 saturated heterocycles. The summed E-state index contributed by atoms with van der Waals surface area (Å²) in [4.78, 5) is 11.3. The van der Waals surface area contributed by atoms with E-state index in [1.54, 1.807) is 6.07 Å². The highest BCUT2D eigenvalue weighted by Crippen LogP contribution is 2.26. The van der Waals surface area contributed by atoms with Crippen LogP contribution >= 0.6 is 0 Å². The summed E-state index contributed by atoms with van der Waals surface area (Å²) in [5, 5.41) is 9.21. The summed E-state index contributed by atoms with van der Waals surface area (Å²) in [5.74, 6) is -1.78. The molecule has 0 bridgehead atoms. The predicted molar refractivity (Wildman–Crippen MR) is 56.6 cm³/mol. The molecule has 1 aromatic carbocycles. The zero-order chi connectivity index (χ0) is 12.2. The van der Waals surface area contributed by atoms with Crippen LogP contribution in [0.3, 0.4) is 0 Å². The SMILES string of the molecule is COCC(CN)(C(=O)O)c1ccccc1F. The summed E-state index contributed by atoms with van der Waals surface area (Å²) in [7, 11) is 1.36. The fourth-order valence-corrected chi connectivity index (χ4v) is 1.61. The fraction of sp³-hybridized carbons (Fsp3) is 0.364. The molecule has 1 unspecified atom stereocenters. The average molecular weight is 227 g/mol. The van der Waals surface area contributed by atoms with Crippen molar-refractivity contribution >= 4 is 5.97 Å². The molecule has 1 atom stereocenters. The highest BCUT2D eigenvalue weighted by molar-refractivity contribution is 5.82. The fourth-order valence-electron chi connectivity index (χ4n) is 1.61. The minimum Gasteiger partial charge on any atom is -0.480 e. The van der Waals surface area contributed by atoms with Crippen molar-refractivity contribution in [3.63, 3.8) is 0 Å². The molecule has 88 valence electrons. The Morgan fingerprint density at radius 2 is 2.19 bits per heavy atom. The molecule has 0 amide bonds. The van der Waals surface area contributed by atoms with Crippen LogP contribution in [-0.4, -0.2) is 31.3 Å². The number of hydrogen-bond donors (Lipinski definition) is 2. The molecule has 1 rings (SSSR count). The van der Waals surface area contributed by atoms with Gasteiger partial charge in [0.25, 0.3) is 0 Å². The van der Waals surface area contributed by atoms with Crippen LogP contribution in [0.4, 0.5) is 4.39 Å². The third kappa shape index (κ3) is 2.05. The van der Waals surface area contributed by atoms with Gasteiger partial charge >= 0.3 is 5.97 Å². The molecule has 0 fully saturated rings.